The summed E-state index contributed by atoms with van der Waals surface area (Å²) >= 11 is 0. The van der Waals surface area contributed by atoms with Crippen molar-refractivity contribution in [1.29, 1.82) is 0 Å². The third-order valence-corrected chi connectivity index (χ3v) is 3.18. The van der Waals surface area contributed by atoms with Crippen molar-refractivity contribution >= 4 is 11.9 Å². The van der Waals surface area contributed by atoms with E-state index in [0.29, 0.717) is 5.56 Å². The summed E-state index contributed by atoms with van der Waals surface area (Å²) in [6, 6.07) is 10.6. The standard InChI is InChI=1S/C17H15F2NO3/c1-11(12-6-8-13(18)9-7-12)20-16(21)10-23-17(22)14-4-2-3-5-15(14)19/h2-9,11H,10H2,1H3,(H,20,21)/t11-/m1/s1. The molecule has 0 saturated carbocycles. The van der Waals surface area contributed by atoms with E-state index in [-0.39, 0.29) is 17.4 Å². The van der Waals surface area contributed by atoms with E-state index in [2.05, 4.69) is 5.32 Å². The van der Waals surface area contributed by atoms with Gasteiger partial charge in [0, 0.05) is 0 Å². The van der Waals surface area contributed by atoms with Crippen molar-refractivity contribution in [3.63, 3.8) is 0 Å². The van der Waals surface area contributed by atoms with Crippen molar-refractivity contribution in [2.24, 2.45) is 0 Å². The monoisotopic (exact) mass is 319 g/mol. The average Bonchev–Trinajstić information content (AvgIpc) is 2.53. The van der Waals surface area contributed by atoms with Crippen molar-refractivity contribution in [2.75, 3.05) is 6.61 Å². The molecule has 0 radical (unpaired) electrons. The van der Waals surface area contributed by atoms with Crippen LogP contribution in [0.4, 0.5) is 8.78 Å². The van der Waals surface area contributed by atoms with Crippen LogP contribution in [-0.4, -0.2) is 18.5 Å². The highest BCUT2D eigenvalue weighted by molar-refractivity contribution is 5.91. The summed E-state index contributed by atoms with van der Waals surface area (Å²) in [4.78, 5) is 23.4. The summed E-state index contributed by atoms with van der Waals surface area (Å²) in [6.45, 7) is 1.18. The zero-order chi connectivity index (χ0) is 16.8. The Balaban J connectivity index is 1.86. The fourth-order valence-electron chi connectivity index (χ4n) is 1.95. The van der Waals surface area contributed by atoms with Gasteiger partial charge in [0.1, 0.15) is 11.6 Å². The van der Waals surface area contributed by atoms with E-state index in [4.69, 9.17) is 4.74 Å². The molecule has 0 aliphatic heterocycles. The molecule has 0 heterocycles. The summed E-state index contributed by atoms with van der Waals surface area (Å²) in [6.07, 6.45) is 0. The third kappa shape index (κ3) is 4.60. The molecule has 23 heavy (non-hydrogen) atoms. The SMILES string of the molecule is C[C@@H](NC(=O)COC(=O)c1ccccc1F)c1ccc(F)cc1. The summed E-state index contributed by atoms with van der Waals surface area (Å²) < 4.78 is 31.0. The molecule has 6 heteroatoms. The Morgan fingerprint density at radius 2 is 1.74 bits per heavy atom. The van der Waals surface area contributed by atoms with Crippen LogP contribution in [0.2, 0.25) is 0 Å². The maximum Gasteiger partial charge on any atom is 0.341 e. The first kappa shape index (κ1) is 16.6. The van der Waals surface area contributed by atoms with Gasteiger partial charge < -0.3 is 10.1 Å². The summed E-state index contributed by atoms with van der Waals surface area (Å²) in [5, 5.41) is 2.60. The van der Waals surface area contributed by atoms with Crippen molar-refractivity contribution in [3.05, 3.63) is 71.3 Å². The molecular formula is C17H15F2NO3. The third-order valence-electron chi connectivity index (χ3n) is 3.18. The Kier molecular flexibility index (Phi) is 5.41. The molecule has 2 aromatic carbocycles. The molecule has 1 atom stereocenters. The summed E-state index contributed by atoms with van der Waals surface area (Å²) in [7, 11) is 0. The Morgan fingerprint density at radius 3 is 2.39 bits per heavy atom. The van der Waals surface area contributed by atoms with E-state index in [9.17, 15) is 18.4 Å². The normalized spacial score (nSPS) is 11.6. The van der Waals surface area contributed by atoms with Gasteiger partial charge in [-0.2, -0.15) is 0 Å². The van der Waals surface area contributed by atoms with E-state index >= 15 is 0 Å². The van der Waals surface area contributed by atoms with E-state index in [1.165, 1.54) is 30.3 Å². The Labute approximate surface area is 132 Å². The number of rotatable bonds is 5. The second-order valence-electron chi connectivity index (χ2n) is 4.90. The van der Waals surface area contributed by atoms with Gasteiger partial charge in [0.2, 0.25) is 0 Å². The minimum atomic E-state index is -0.910. The van der Waals surface area contributed by atoms with Crippen LogP contribution in [-0.2, 0) is 9.53 Å². The van der Waals surface area contributed by atoms with Gasteiger partial charge in [-0.25, -0.2) is 13.6 Å². The number of carbonyl (C=O) groups excluding carboxylic acids is 2. The first-order valence-electron chi connectivity index (χ1n) is 6.94. The van der Waals surface area contributed by atoms with Gasteiger partial charge in [0.25, 0.3) is 5.91 Å². The fourth-order valence-corrected chi connectivity index (χ4v) is 1.95. The van der Waals surface area contributed by atoms with Crippen molar-refractivity contribution in [1.82, 2.24) is 5.32 Å². The van der Waals surface area contributed by atoms with Crippen LogP contribution in [0.1, 0.15) is 28.9 Å². The minimum Gasteiger partial charge on any atom is -0.452 e. The highest BCUT2D eigenvalue weighted by Gasteiger charge is 2.15. The van der Waals surface area contributed by atoms with Crippen LogP contribution < -0.4 is 5.32 Å². The lowest BCUT2D eigenvalue weighted by molar-refractivity contribution is -0.124. The Bertz CT molecular complexity index is 701. The lowest BCUT2D eigenvalue weighted by Crippen LogP contribution is -2.31. The molecule has 0 unspecified atom stereocenters. The molecule has 1 N–H and O–H groups in total. The Hall–Kier alpha value is -2.76. The van der Waals surface area contributed by atoms with Crippen LogP contribution >= 0.6 is 0 Å². The van der Waals surface area contributed by atoms with Crippen molar-refractivity contribution in [3.8, 4) is 0 Å². The first-order valence-corrected chi connectivity index (χ1v) is 6.94. The largest absolute Gasteiger partial charge is 0.452 e. The second kappa shape index (κ2) is 7.49. The van der Waals surface area contributed by atoms with Crippen LogP contribution in [0.15, 0.2) is 48.5 Å². The molecule has 0 spiro atoms. The van der Waals surface area contributed by atoms with Gasteiger partial charge in [-0.3, -0.25) is 4.79 Å². The highest BCUT2D eigenvalue weighted by Crippen LogP contribution is 2.13. The molecule has 0 saturated heterocycles. The van der Waals surface area contributed by atoms with Crippen LogP contribution in [0, 0.1) is 11.6 Å². The quantitative estimate of drug-likeness (QED) is 0.862. The molecule has 2 aromatic rings. The molecule has 120 valence electrons. The molecule has 1 amide bonds. The first-order chi connectivity index (χ1) is 11.0. The van der Waals surface area contributed by atoms with Gasteiger partial charge in [0.15, 0.2) is 6.61 Å². The summed E-state index contributed by atoms with van der Waals surface area (Å²) in [5.41, 5.74) is 0.479. The number of halogens is 2. The number of hydrogen-bond acceptors (Lipinski definition) is 3. The van der Waals surface area contributed by atoms with Gasteiger partial charge >= 0.3 is 5.97 Å². The van der Waals surface area contributed by atoms with Crippen LogP contribution in [0.25, 0.3) is 0 Å². The summed E-state index contributed by atoms with van der Waals surface area (Å²) in [5.74, 6) is -2.53. The predicted octanol–water partition coefficient (Wildman–Crippen LogP) is 3.00. The predicted molar refractivity (Wildman–Crippen MR) is 79.6 cm³/mol. The van der Waals surface area contributed by atoms with Crippen LogP contribution in [0.3, 0.4) is 0 Å². The minimum absolute atomic E-state index is 0.230. The molecule has 4 nitrogen and oxygen atoms in total. The van der Waals surface area contributed by atoms with Gasteiger partial charge in [-0.1, -0.05) is 24.3 Å². The average molecular weight is 319 g/mol. The van der Waals surface area contributed by atoms with Crippen molar-refractivity contribution < 1.29 is 23.1 Å². The lowest BCUT2D eigenvalue weighted by atomic mass is 10.1. The van der Waals surface area contributed by atoms with E-state index in [0.717, 1.165) is 6.07 Å². The molecule has 0 bridgehead atoms. The topological polar surface area (TPSA) is 55.4 Å². The molecule has 0 aliphatic carbocycles. The van der Waals surface area contributed by atoms with Gasteiger partial charge in [-0.15, -0.1) is 0 Å². The number of benzene rings is 2. The molecule has 0 aromatic heterocycles. The number of hydrogen-bond donors (Lipinski definition) is 1. The van der Waals surface area contributed by atoms with Crippen molar-refractivity contribution in [2.45, 2.75) is 13.0 Å². The number of ether oxygens (including phenoxy) is 1. The number of carbonyl (C=O) groups is 2. The second-order valence-corrected chi connectivity index (χ2v) is 4.90. The van der Waals surface area contributed by atoms with Gasteiger partial charge in [0.05, 0.1) is 11.6 Å². The number of nitrogens with one attached hydrogen (secondary N) is 1. The molecule has 0 fully saturated rings. The zero-order valence-electron chi connectivity index (χ0n) is 12.4. The number of amides is 1. The zero-order valence-corrected chi connectivity index (χ0v) is 12.4. The van der Waals surface area contributed by atoms with E-state index in [1.54, 1.807) is 19.1 Å². The van der Waals surface area contributed by atoms with E-state index in [1.807, 2.05) is 0 Å². The van der Waals surface area contributed by atoms with E-state index < -0.39 is 24.3 Å². The highest BCUT2D eigenvalue weighted by atomic mass is 19.1. The van der Waals surface area contributed by atoms with Gasteiger partial charge in [-0.05, 0) is 36.8 Å². The molecule has 2 rings (SSSR count). The maximum atomic E-state index is 13.4. The fraction of sp³-hybridized carbons (Fsp3) is 0.176. The maximum absolute atomic E-state index is 13.4. The lowest BCUT2D eigenvalue weighted by Gasteiger charge is -2.14. The Morgan fingerprint density at radius 1 is 1.09 bits per heavy atom. The molecule has 0 aliphatic rings. The smallest absolute Gasteiger partial charge is 0.341 e. The molecular weight excluding hydrogens is 304 g/mol. The van der Waals surface area contributed by atoms with Crippen LogP contribution in [0.5, 0.6) is 0 Å². The number of esters is 1.